The molecular formula is C24H51N. The fourth-order valence-corrected chi connectivity index (χ4v) is 6.07. The minimum absolute atomic E-state index is 0.456. The minimum Gasteiger partial charge on any atom is -0.304 e. The molecule has 0 saturated carbocycles. The lowest BCUT2D eigenvalue weighted by Crippen LogP contribution is -2.48. The van der Waals surface area contributed by atoms with Gasteiger partial charge in [-0.2, -0.15) is 0 Å². The van der Waals surface area contributed by atoms with E-state index in [9.17, 15) is 0 Å². The van der Waals surface area contributed by atoms with Gasteiger partial charge in [0.15, 0.2) is 0 Å². The Labute approximate surface area is 161 Å². The van der Waals surface area contributed by atoms with Gasteiger partial charge in [0.2, 0.25) is 0 Å². The SMILES string of the molecule is CCCC(C)C(C(C)CC)(C(C)CC(C)C)C(C)CC(C)N(C)CC. The number of hydrogen-bond donors (Lipinski definition) is 0. The Bertz CT molecular complexity index is 337. The number of rotatable bonds is 13. The minimum atomic E-state index is 0.456. The fourth-order valence-electron chi connectivity index (χ4n) is 6.07. The number of hydrogen-bond acceptors (Lipinski definition) is 1. The maximum absolute atomic E-state index is 2.58. The zero-order chi connectivity index (χ0) is 19.8. The van der Waals surface area contributed by atoms with Gasteiger partial charge in [0, 0.05) is 6.04 Å². The first-order valence-corrected chi connectivity index (χ1v) is 11.3. The lowest BCUT2D eigenvalue weighted by molar-refractivity contribution is -0.0555. The van der Waals surface area contributed by atoms with Crippen LogP contribution in [0.15, 0.2) is 0 Å². The van der Waals surface area contributed by atoms with Gasteiger partial charge in [-0.3, -0.25) is 0 Å². The zero-order valence-corrected chi connectivity index (χ0v) is 19.7. The third-order valence-electron chi connectivity index (χ3n) is 7.52. The van der Waals surface area contributed by atoms with Crippen molar-refractivity contribution in [2.24, 2.45) is 35.0 Å². The lowest BCUT2D eigenvalue weighted by atomic mass is 9.51. The topological polar surface area (TPSA) is 3.24 Å². The Balaban J connectivity index is 5.87. The van der Waals surface area contributed by atoms with E-state index in [-0.39, 0.29) is 0 Å². The third-order valence-corrected chi connectivity index (χ3v) is 7.52. The van der Waals surface area contributed by atoms with E-state index in [4.69, 9.17) is 0 Å². The van der Waals surface area contributed by atoms with Crippen LogP contribution >= 0.6 is 0 Å². The number of nitrogens with zero attached hydrogens (tertiary/aromatic N) is 1. The Hall–Kier alpha value is -0.0400. The van der Waals surface area contributed by atoms with Gasteiger partial charge in [-0.15, -0.1) is 0 Å². The Morgan fingerprint density at radius 1 is 0.720 bits per heavy atom. The summed E-state index contributed by atoms with van der Waals surface area (Å²) in [6.07, 6.45) is 6.67. The van der Waals surface area contributed by atoms with Gasteiger partial charge in [0.1, 0.15) is 0 Å². The highest BCUT2D eigenvalue weighted by atomic mass is 15.1. The fraction of sp³-hybridized carbons (Fsp3) is 1.00. The summed E-state index contributed by atoms with van der Waals surface area (Å²) in [5.41, 5.74) is 0.456. The second-order valence-electron chi connectivity index (χ2n) is 9.59. The van der Waals surface area contributed by atoms with Crippen molar-refractivity contribution in [3.63, 3.8) is 0 Å². The molecule has 25 heavy (non-hydrogen) atoms. The Morgan fingerprint density at radius 2 is 1.24 bits per heavy atom. The van der Waals surface area contributed by atoms with Crippen LogP contribution in [0.2, 0.25) is 0 Å². The van der Waals surface area contributed by atoms with Crippen molar-refractivity contribution in [2.45, 2.75) is 107 Å². The molecule has 1 nitrogen and oxygen atoms in total. The second-order valence-corrected chi connectivity index (χ2v) is 9.59. The molecule has 0 aliphatic rings. The molecule has 0 rings (SSSR count). The van der Waals surface area contributed by atoms with Crippen molar-refractivity contribution in [3.8, 4) is 0 Å². The van der Waals surface area contributed by atoms with Gasteiger partial charge in [-0.1, -0.05) is 81.6 Å². The van der Waals surface area contributed by atoms with Crippen molar-refractivity contribution in [3.05, 3.63) is 0 Å². The molecule has 0 saturated heterocycles. The van der Waals surface area contributed by atoms with Crippen LogP contribution in [0.4, 0.5) is 0 Å². The van der Waals surface area contributed by atoms with Crippen LogP contribution in [0.3, 0.4) is 0 Å². The maximum Gasteiger partial charge on any atom is 0.00665 e. The molecule has 0 fully saturated rings. The molecule has 6 unspecified atom stereocenters. The van der Waals surface area contributed by atoms with Gasteiger partial charge in [0.25, 0.3) is 0 Å². The largest absolute Gasteiger partial charge is 0.304 e. The summed E-state index contributed by atoms with van der Waals surface area (Å²) in [5, 5.41) is 0. The first-order chi connectivity index (χ1) is 11.6. The van der Waals surface area contributed by atoms with Crippen LogP contribution in [-0.4, -0.2) is 24.5 Å². The van der Waals surface area contributed by atoms with E-state index >= 15 is 0 Å². The molecule has 0 N–H and O–H groups in total. The Morgan fingerprint density at radius 3 is 1.64 bits per heavy atom. The van der Waals surface area contributed by atoms with Gasteiger partial charge in [-0.25, -0.2) is 0 Å². The lowest BCUT2D eigenvalue weighted by Gasteiger charge is -2.54. The average Bonchev–Trinajstić information content (AvgIpc) is 2.53. The predicted octanol–water partition coefficient (Wildman–Crippen LogP) is 7.50. The molecular weight excluding hydrogens is 302 g/mol. The molecule has 152 valence electrons. The van der Waals surface area contributed by atoms with E-state index in [0.29, 0.717) is 11.5 Å². The molecule has 1 heteroatoms. The van der Waals surface area contributed by atoms with Gasteiger partial charge in [-0.05, 0) is 68.4 Å². The van der Waals surface area contributed by atoms with Crippen LogP contribution < -0.4 is 0 Å². The molecule has 0 aromatic carbocycles. The molecule has 0 amide bonds. The highest BCUT2D eigenvalue weighted by Gasteiger charge is 2.48. The Kier molecular flexibility index (Phi) is 11.6. The van der Waals surface area contributed by atoms with E-state index in [1.165, 1.54) is 32.1 Å². The molecule has 0 bridgehead atoms. The van der Waals surface area contributed by atoms with E-state index in [0.717, 1.165) is 36.1 Å². The standard InChI is InChI=1S/C24H51N/c1-12-15-20(7)24(19(6)13-2,21(8)16-18(4)5)22(9)17-23(10)25(11)14-3/h18-23H,12-17H2,1-11H3. The summed E-state index contributed by atoms with van der Waals surface area (Å²) in [7, 11) is 2.29. The molecule has 0 radical (unpaired) electrons. The van der Waals surface area contributed by atoms with Gasteiger partial charge >= 0.3 is 0 Å². The van der Waals surface area contributed by atoms with Crippen molar-refractivity contribution < 1.29 is 0 Å². The first-order valence-electron chi connectivity index (χ1n) is 11.3. The van der Waals surface area contributed by atoms with Crippen LogP contribution in [-0.2, 0) is 0 Å². The normalized spacial score (nSPS) is 21.0. The summed E-state index contributed by atoms with van der Waals surface area (Å²) in [5.74, 6) is 3.93. The summed E-state index contributed by atoms with van der Waals surface area (Å²) in [6.45, 7) is 25.7. The molecule has 0 spiro atoms. The van der Waals surface area contributed by atoms with Crippen molar-refractivity contribution >= 4 is 0 Å². The average molecular weight is 354 g/mol. The quantitative estimate of drug-likeness (QED) is 0.331. The van der Waals surface area contributed by atoms with E-state index < -0.39 is 0 Å². The van der Waals surface area contributed by atoms with Crippen LogP contribution in [0, 0.1) is 35.0 Å². The zero-order valence-electron chi connectivity index (χ0n) is 19.7. The van der Waals surface area contributed by atoms with Gasteiger partial charge < -0.3 is 4.90 Å². The molecule has 0 aliphatic carbocycles. The monoisotopic (exact) mass is 353 g/mol. The van der Waals surface area contributed by atoms with Gasteiger partial charge in [0.05, 0.1) is 0 Å². The third kappa shape index (κ3) is 6.26. The maximum atomic E-state index is 2.58. The summed E-state index contributed by atoms with van der Waals surface area (Å²) in [4.78, 5) is 2.52. The predicted molar refractivity (Wildman–Crippen MR) is 116 cm³/mol. The van der Waals surface area contributed by atoms with Crippen LogP contribution in [0.25, 0.3) is 0 Å². The van der Waals surface area contributed by atoms with Crippen LogP contribution in [0.1, 0.15) is 101 Å². The van der Waals surface area contributed by atoms with Crippen LogP contribution in [0.5, 0.6) is 0 Å². The molecule has 0 aromatic heterocycles. The highest BCUT2D eigenvalue weighted by molar-refractivity contribution is 4.97. The van der Waals surface area contributed by atoms with E-state index in [1.807, 2.05) is 0 Å². The van der Waals surface area contributed by atoms with Crippen molar-refractivity contribution in [1.29, 1.82) is 0 Å². The first kappa shape index (κ1) is 25.0. The molecule has 0 aliphatic heterocycles. The second kappa shape index (κ2) is 11.6. The highest BCUT2D eigenvalue weighted by Crippen LogP contribution is 2.54. The summed E-state index contributed by atoms with van der Waals surface area (Å²) >= 11 is 0. The molecule has 0 aromatic rings. The summed E-state index contributed by atoms with van der Waals surface area (Å²) < 4.78 is 0. The smallest absolute Gasteiger partial charge is 0.00665 e. The summed E-state index contributed by atoms with van der Waals surface area (Å²) in [6, 6.07) is 0.670. The van der Waals surface area contributed by atoms with Crippen molar-refractivity contribution in [1.82, 2.24) is 4.90 Å². The van der Waals surface area contributed by atoms with E-state index in [2.05, 4.69) is 81.2 Å². The van der Waals surface area contributed by atoms with E-state index in [1.54, 1.807) is 0 Å². The van der Waals surface area contributed by atoms with Crippen molar-refractivity contribution in [2.75, 3.05) is 13.6 Å². The molecule has 6 atom stereocenters. The molecule has 0 heterocycles.